The normalized spacial score (nSPS) is 28.8. The van der Waals surface area contributed by atoms with Crippen molar-refractivity contribution < 1.29 is 17.9 Å². The number of benzene rings is 1. The lowest BCUT2D eigenvalue weighted by Gasteiger charge is -2.36. The van der Waals surface area contributed by atoms with E-state index in [1.54, 1.807) is 6.20 Å². The van der Waals surface area contributed by atoms with Gasteiger partial charge in [-0.15, -0.1) is 0 Å². The number of guanidine groups is 2. The van der Waals surface area contributed by atoms with Gasteiger partial charge < -0.3 is 25.6 Å². The molecule has 34 heavy (non-hydrogen) atoms. The van der Waals surface area contributed by atoms with Crippen LogP contribution in [-0.2, 0) is 4.74 Å². The minimum Gasteiger partial charge on any atom is -0.379 e. The molecule has 0 radical (unpaired) electrons. The first-order chi connectivity index (χ1) is 16.4. The van der Waals surface area contributed by atoms with Gasteiger partial charge in [-0.1, -0.05) is 13.8 Å². The number of nitrogens with zero attached hydrogens (tertiary/aromatic N) is 3. The third-order valence-corrected chi connectivity index (χ3v) is 7.24. The van der Waals surface area contributed by atoms with Gasteiger partial charge in [-0.3, -0.25) is 0 Å². The monoisotopic (exact) mass is 476 g/mol. The number of nitrogens with one attached hydrogen (secondary N) is 3. The minimum absolute atomic E-state index is 0.0398. The highest BCUT2D eigenvalue weighted by Crippen LogP contribution is 2.32. The lowest BCUT2D eigenvalue weighted by molar-refractivity contribution is 0.165. The number of hydrogen-bond acceptors (Lipinski definition) is 7. The van der Waals surface area contributed by atoms with Gasteiger partial charge in [-0.05, 0) is 43.9 Å². The Morgan fingerprint density at radius 3 is 2.47 bits per heavy atom. The largest absolute Gasteiger partial charge is 0.379 e. The Kier molecular flexibility index (Phi) is 6.42. The van der Waals surface area contributed by atoms with Crippen LogP contribution in [0.4, 0.5) is 18.9 Å². The van der Waals surface area contributed by atoms with Crippen molar-refractivity contribution in [3.05, 3.63) is 41.5 Å². The van der Waals surface area contributed by atoms with Gasteiger partial charge in [0.1, 0.15) is 23.4 Å². The third-order valence-electron chi connectivity index (χ3n) is 7.24. The van der Waals surface area contributed by atoms with Crippen molar-refractivity contribution >= 4 is 17.6 Å². The molecular weight excluding hydrogens is 445 g/mol. The van der Waals surface area contributed by atoms with E-state index in [1.807, 2.05) is 4.90 Å². The Morgan fingerprint density at radius 1 is 1.09 bits per heavy atom. The summed E-state index contributed by atoms with van der Waals surface area (Å²) in [4.78, 5) is 11.0. The van der Waals surface area contributed by atoms with Crippen molar-refractivity contribution in [2.45, 2.75) is 64.2 Å². The van der Waals surface area contributed by atoms with Crippen molar-refractivity contribution in [2.75, 3.05) is 18.5 Å². The second-order valence-corrected chi connectivity index (χ2v) is 9.81. The molecule has 3 heterocycles. The van der Waals surface area contributed by atoms with E-state index in [0.29, 0.717) is 49.0 Å². The molecule has 1 aliphatic carbocycles. The fraction of sp³-hybridized carbons (Fsp3) is 0.583. The average molecular weight is 477 g/mol. The zero-order valence-electron chi connectivity index (χ0n) is 19.5. The van der Waals surface area contributed by atoms with E-state index in [4.69, 9.17) is 4.74 Å². The average Bonchev–Trinajstić information content (AvgIpc) is 3.43. The standard InChI is InChI=1S/C24H31F3N6O/c1-13(2)14-3-5-16(6-4-14)29-23-28-11-20-22(32-23)33(17-7-8-34-12-17)24(30-20)31-21-18(26)9-15(25)10-19(21)27/h9-11,13-14,16-17,22H,3-8,12H2,1-2H3,(H,30,31)(H2,28,29,32)/t14-,16-,17?,22?. The summed E-state index contributed by atoms with van der Waals surface area (Å²) in [6.07, 6.45) is 6.66. The highest BCUT2D eigenvalue weighted by atomic mass is 19.1. The van der Waals surface area contributed by atoms with Gasteiger partial charge >= 0.3 is 0 Å². The lowest BCUT2D eigenvalue weighted by Crippen LogP contribution is -2.58. The molecule has 1 aromatic carbocycles. The maximum Gasteiger partial charge on any atom is 0.206 e. The Balaban J connectivity index is 1.33. The highest BCUT2D eigenvalue weighted by Gasteiger charge is 2.41. The predicted octanol–water partition coefficient (Wildman–Crippen LogP) is 3.91. The number of halogens is 3. The van der Waals surface area contributed by atoms with Gasteiger partial charge in [0, 0.05) is 24.8 Å². The van der Waals surface area contributed by atoms with Crippen LogP contribution in [-0.4, -0.2) is 48.3 Å². The third kappa shape index (κ3) is 4.60. The molecule has 10 heteroatoms. The van der Waals surface area contributed by atoms with E-state index in [-0.39, 0.29) is 18.2 Å². The van der Waals surface area contributed by atoms with Gasteiger partial charge in [0.2, 0.25) is 5.96 Å². The van der Waals surface area contributed by atoms with Gasteiger partial charge in [0.15, 0.2) is 17.6 Å². The molecule has 2 atom stereocenters. The molecule has 1 aromatic rings. The zero-order valence-corrected chi connectivity index (χ0v) is 19.5. The number of anilines is 1. The van der Waals surface area contributed by atoms with E-state index in [1.165, 1.54) is 12.8 Å². The second-order valence-electron chi connectivity index (χ2n) is 9.81. The van der Waals surface area contributed by atoms with Gasteiger partial charge in [0.25, 0.3) is 0 Å². The maximum absolute atomic E-state index is 14.3. The van der Waals surface area contributed by atoms with Crippen LogP contribution in [0, 0.1) is 29.3 Å². The van der Waals surface area contributed by atoms with E-state index in [9.17, 15) is 13.2 Å². The van der Waals surface area contributed by atoms with Crippen LogP contribution in [0.3, 0.4) is 0 Å². The zero-order chi connectivity index (χ0) is 23.8. The molecule has 3 aliphatic heterocycles. The summed E-state index contributed by atoms with van der Waals surface area (Å²) in [6.45, 7) is 5.64. The Bertz CT molecular complexity index is 989. The van der Waals surface area contributed by atoms with Crippen molar-refractivity contribution in [3.8, 4) is 0 Å². The number of ether oxygens (including phenoxy) is 1. The van der Waals surface area contributed by atoms with Crippen molar-refractivity contribution in [2.24, 2.45) is 21.8 Å². The fourth-order valence-corrected chi connectivity index (χ4v) is 5.24. The van der Waals surface area contributed by atoms with Crippen LogP contribution in [0.25, 0.3) is 0 Å². The summed E-state index contributed by atoms with van der Waals surface area (Å²) >= 11 is 0. The number of aliphatic imine (C=N–C) groups is 2. The summed E-state index contributed by atoms with van der Waals surface area (Å²) in [5.74, 6) is -0.590. The molecule has 4 aliphatic rings. The van der Waals surface area contributed by atoms with Crippen LogP contribution >= 0.6 is 0 Å². The Hall–Kier alpha value is -2.75. The molecule has 1 saturated heterocycles. The molecule has 3 N–H and O–H groups in total. The summed E-state index contributed by atoms with van der Waals surface area (Å²) in [7, 11) is 0. The first kappa shape index (κ1) is 23.0. The molecule has 5 rings (SSSR count). The van der Waals surface area contributed by atoms with Crippen LogP contribution in [0.2, 0.25) is 0 Å². The molecule has 0 bridgehead atoms. The first-order valence-electron chi connectivity index (χ1n) is 12.1. The predicted molar refractivity (Wildman–Crippen MR) is 125 cm³/mol. The van der Waals surface area contributed by atoms with E-state index < -0.39 is 23.1 Å². The second kappa shape index (κ2) is 9.48. The van der Waals surface area contributed by atoms with Crippen molar-refractivity contribution in [3.63, 3.8) is 0 Å². The molecule has 0 spiro atoms. The quantitative estimate of drug-likeness (QED) is 0.615. The van der Waals surface area contributed by atoms with E-state index in [0.717, 1.165) is 25.2 Å². The molecule has 7 nitrogen and oxygen atoms in total. The van der Waals surface area contributed by atoms with Crippen LogP contribution in [0.1, 0.15) is 46.0 Å². The maximum atomic E-state index is 14.3. The summed E-state index contributed by atoms with van der Waals surface area (Å²) < 4.78 is 47.6. The highest BCUT2D eigenvalue weighted by molar-refractivity contribution is 5.98. The molecule has 2 fully saturated rings. The Morgan fingerprint density at radius 2 is 1.82 bits per heavy atom. The first-order valence-corrected chi connectivity index (χ1v) is 12.1. The van der Waals surface area contributed by atoms with Gasteiger partial charge in [0.05, 0.1) is 18.8 Å². The summed E-state index contributed by atoms with van der Waals surface area (Å²) in [5, 5.41) is 9.70. The van der Waals surface area contributed by atoms with E-state index >= 15 is 0 Å². The molecule has 184 valence electrons. The summed E-state index contributed by atoms with van der Waals surface area (Å²) in [5.41, 5.74) is 0.191. The molecule has 0 aromatic heterocycles. The number of fused-ring (bicyclic) bond motifs is 1. The van der Waals surface area contributed by atoms with Crippen LogP contribution in [0.5, 0.6) is 0 Å². The van der Waals surface area contributed by atoms with Gasteiger partial charge in [-0.25, -0.2) is 23.2 Å². The van der Waals surface area contributed by atoms with Crippen LogP contribution in [0.15, 0.2) is 34.0 Å². The number of rotatable bonds is 4. The lowest BCUT2D eigenvalue weighted by atomic mass is 9.80. The Labute approximate surface area is 197 Å². The van der Waals surface area contributed by atoms with Gasteiger partial charge in [-0.2, -0.15) is 0 Å². The molecule has 0 amide bonds. The fourth-order valence-electron chi connectivity index (χ4n) is 5.24. The minimum atomic E-state index is -1.02. The molecular formula is C24H31F3N6O. The van der Waals surface area contributed by atoms with Crippen LogP contribution < -0.4 is 16.0 Å². The summed E-state index contributed by atoms with van der Waals surface area (Å²) in [6, 6.07) is 1.60. The topological polar surface area (TPSA) is 73.3 Å². The molecule has 2 unspecified atom stereocenters. The smallest absolute Gasteiger partial charge is 0.206 e. The van der Waals surface area contributed by atoms with E-state index in [2.05, 4.69) is 39.8 Å². The molecule has 1 saturated carbocycles. The number of hydrogen-bond donors (Lipinski definition) is 3. The van der Waals surface area contributed by atoms with Crippen molar-refractivity contribution in [1.82, 2.24) is 15.5 Å². The van der Waals surface area contributed by atoms with Crippen molar-refractivity contribution in [1.29, 1.82) is 0 Å². The SMILES string of the molecule is CC(C)[C@H]1CC[C@H](NC2=NC=C3N=C(Nc4c(F)cc(F)cc4F)N(C4CCOC4)C3N2)CC1.